The Morgan fingerprint density at radius 3 is 2.64 bits per heavy atom. The van der Waals surface area contributed by atoms with Crippen LogP contribution in [0.25, 0.3) is 0 Å². The number of amidine groups is 1. The van der Waals surface area contributed by atoms with E-state index in [1.807, 2.05) is 42.5 Å². The zero-order chi connectivity index (χ0) is 15.5. The first-order valence-electron chi connectivity index (χ1n) is 6.67. The zero-order valence-electron chi connectivity index (χ0n) is 11.4. The molecule has 0 bridgehead atoms. The van der Waals surface area contributed by atoms with Crippen molar-refractivity contribution in [2.75, 3.05) is 0 Å². The minimum absolute atomic E-state index is 0.0595. The van der Waals surface area contributed by atoms with Crippen molar-refractivity contribution in [3.05, 3.63) is 64.1 Å². The van der Waals surface area contributed by atoms with Crippen molar-refractivity contribution < 1.29 is 4.79 Å². The van der Waals surface area contributed by atoms with Crippen molar-refractivity contribution in [1.82, 2.24) is 5.32 Å². The summed E-state index contributed by atoms with van der Waals surface area (Å²) in [5, 5.41) is 4.17. The number of rotatable bonds is 3. The number of thioether (sulfide) groups is 1. The average Bonchev–Trinajstić information content (AvgIpc) is 2.85. The quantitative estimate of drug-likeness (QED) is 0.887. The minimum atomic E-state index is -0.251. The monoisotopic (exact) mass is 350 g/mol. The van der Waals surface area contributed by atoms with Crippen molar-refractivity contribution >= 4 is 51.7 Å². The molecular weight excluding hydrogens is 339 g/mol. The molecule has 6 heteroatoms. The van der Waals surface area contributed by atoms with Crippen LogP contribution in [-0.2, 0) is 11.2 Å². The van der Waals surface area contributed by atoms with Gasteiger partial charge in [0, 0.05) is 0 Å². The van der Waals surface area contributed by atoms with Crippen LogP contribution in [0.5, 0.6) is 0 Å². The minimum Gasteiger partial charge on any atom is -0.304 e. The first-order chi connectivity index (χ1) is 10.6. The van der Waals surface area contributed by atoms with Gasteiger partial charge in [-0.05, 0) is 30.2 Å². The van der Waals surface area contributed by atoms with Crippen LogP contribution < -0.4 is 5.32 Å². The van der Waals surface area contributed by atoms with E-state index in [0.29, 0.717) is 21.6 Å². The van der Waals surface area contributed by atoms with E-state index in [2.05, 4.69) is 10.3 Å². The van der Waals surface area contributed by atoms with Gasteiger partial charge in [-0.2, -0.15) is 0 Å². The Morgan fingerprint density at radius 2 is 1.86 bits per heavy atom. The molecule has 1 atom stereocenters. The smallest absolute Gasteiger partial charge is 0.239 e. The third kappa shape index (κ3) is 3.46. The van der Waals surface area contributed by atoms with Gasteiger partial charge in [0.15, 0.2) is 5.17 Å². The van der Waals surface area contributed by atoms with Crippen LogP contribution >= 0.6 is 35.0 Å². The summed E-state index contributed by atoms with van der Waals surface area (Å²) in [5.74, 6) is -0.0595. The fourth-order valence-corrected chi connectivity index (χ4v) is 3.53. The van der Waals surface area contributed by atoms with Crippen LogP contribution in [-0.4, -0.2) is 16.3 Å². The molecule has 0 unspecified atom stereocenters. The highest BCUT2D eigenvalue weighted by Crippen LogP contribution is 2.31. The third-order valence-electron chi connectivity index (χ3n) is 3.20. The van der Waals surface area contributed by atoms with E-state index >= 15 is 0 Å². The molecule has 1 N–H and O–H groups in total. The summed E-state index contributed by atoms with van der Waals surface area (Å²) in [5.41, 5.74) is 1.68. The predicted molar refractivity (Wildman–Crippen MR) is 93.2 cm³/mol. The fraction of sp³-hybridized carbons (Fsp3) is 0.125. The molecule has 0 spiro atoms. The Bertz CT molecular complexity index is 734. The zero-order valence-corrected chi connectivity index (χ0v) is 13.8. The number of para-hydroxylation sites is 1. The van der Waals surface area contributed by atoms with Crippen molar-refractivity contribution in [3.8, 4) is 0 Å². The molecule has 2 aromatic carbocycles. The first-order valence-corrected chi connectivity index (χ1v) is 8.31. The molecule has 22 heavy (non-hydrogen) atoms. The van der Waals surface area contributed by atoms with E-state index in [1.54, 1.807) is 6.07 Å². The molecule has 112 valence electrons. The molecule has 1 amide bonds. The van der Waals surface area contributed by atoms with Gasteiger partial charge >= 0.3 is 0 Å². The fourth-order valence-electron chi connectivity index (χ4n) is 2.12. The van der Waals surface area contributed by atoms with Crippen molar-refractivity contribution in [2.24, 2.45) is 4.99 Å². The molecule has 3 rings (SSSR count). The second-order valence-electron chi connectivity index (χ2n) is 4.77. The number of hydrogen-bond donors (Lipinski definition) is 1. The average molecular weight is 351 g/mol. The van der Waals surface area contributed by atoms with Crippen LogP contribution in [0.4, 0.5) is 5.69 Å². The van der Waals surface area contributed by atoms with Crippen molar-refractivity contribution in [1.29, 1.82) is 0 Å². The molecule has 0 saturated carbocycles. The highest BCUT2D eigenvalue weighted by Gasteiger charge is 2.30. The Morgan fingerprint density at radius 1 is 1.09 bits per heavy atom. The van der Waals surface area contributed by atoms with Crippen LogP contribution in [0.3, 0.4) is 0 Å². The molecule has 0 radical (unpaired) electrons. The van der Waals surface area contributed by atoms with Crippen LogP contribution in [0.2, 0.25) is 10.0 Å². The van der Waals surface area contributed by atoms with Gasteiger partial charge in [0.05, 0.1) is 21.0 Å². The van der Waals surface area contributed by atoms with Gasteiger partial charge in [0.25, 0.3) is 0 Å². The summed E-state index contributed by atoms with van der Waals surface area (Å²) in [7, 11) is 0. The van der Waals surface area contributed by atoms with E-state index in [0.717, 1.165) is 11.3 Å². The Kier molecular flexibility index (Phi) is 4.71. The molecule has 1 fully saturated rings. The molecule has 1 aliphatic heterocycles. The summed E-state index contributed by atoms with van der Waals surface area (Å²) in [6, 6.07) is 15.0. The molecule has 3 nitrogen and oxygen atoms in total. The molecule has 1 saturated heterocycles. The van der Waals surface area contributed by atoms with E-state index in [4.69, 9.17) is 23.2 Å². The number of halogens is 2. The van der Waals surface area contributed by atoms with E-state index in [9.17, 15) is 4.79 Å². The van der Waals surface area contributed by atoms with E-state index in [-0.39, 0.29) is 11.2 Å². The predicted octanol–water partition coefficient (Wildman–Crippen LogP) is 4.46. The van der Waals surface area contributed by atoms with Gasteiger partial charge in [-0.25, -0.2) is 4.99 Å². The maximum absolute atomic E-state index is 12.1. The number of nitrogens with zero attached hydrogens (tertiary/aromatic N) is 1. The van der Waals surface area contributed by atoms with Gasteiger partial charge in [-0.1, -0.05) is 65.3 Å². The lowest BCUT2D eigenvalue weighted by atomic mass is 10.1. The number of hydrogen-bond acceptors (Lipinski definition) is 3. The molecule has 0 aromatic heterocycles. The van der Waals surface area contributed by atoms with E-state index < -0.39 is 0 Å². The maximum Gasteiger partial charge on any atom is 0.239 e. The molecule has 1 aliphatic rings. The maximum atomic E-state index is 12.1. The SMILES string of the molecule is O=C1NC(=Nc2ccccc2)S[C@H]1Cc1cccc(Cl)c1Cl. The highest BCUT2D eigenvalue weighted by atomic mass is 35.5. The second-order valence-corrected chi connectivity index (χ2v) is 6.74. The van der Waals surface area contributed by atoms with Gasteiger partial charge in [0.1, 0.15) is 0 Å². The normalized spacial score (nSPS) is 19.5. The lowest BCUT2D eigenvalue weighted by molar-refractivity contribution is -0.118. The number of benzene rings is 2. The van der Waals surface area contributed by atoms with Crippen LogP contribution in [0.1, 0.15) is 5.56 Å². The van der Waals surface area contributed by atoms with Gasteiger partial charge in [-0.3, -0.25) is 4.79 Å². The number of carbonyl (C=O) groups excluding carboxylic acids is 1. The van der Waals surface area contributed by atoms with Gasteiger partial charge in [-0.15, -0.1) is 0 Å². The molecule has 1 heterocycles. The summed E-state index contributed by atoms with van der Waals surface area (Å²) < 4.78 is 0. The summed E-state index contributed by atoms with van der Waals surface area (Å²) in [4.78, 5) is 16.5. The van der Waals surface area contributed by atoms with Crippen molar-refractivity contribution in [3.63, 3.8) is 0 Å². The highest BCUT2D eigenvalue weighted by molar-refractivity contribution is 8.15. The summed E-state index contributed by atoms with van der Waals surface area (Å²) in [6.07, 6.45) is 0.518. The largest absolute Gasteiger partial charge is 0.304 e. The summed E-state index contributed by atoms with van der Waals surface area (Å²) in [6.45, 7) is 0. The summed E-state index contributed by atoms with van der Waals surface area (Å²) >= 11 is 13.6. The lowest BCUT2D eigenvalue weighted by Crippen LogP contribution is -2.26. The molecule has 2 aromatic rings. The molecule has 0 aliphatic carbocycles. The number of aliphatic imine (C=N–C) groups is 1. The second kappa shape index (κ2) is 6.73. The first kappa shape index (κ1) is 15.4. The van der Waals surface area contributed by atoms with Gasteiger partial charge in [0.2, 0.25) is 5.91 Å². The van der Waals surface area contributed by atoms with Crippen LogP contribution in [0, 0.1) is 0 Å². The van der Waals surface area contributed by atoms with Gasteiger partial charge < -0.3 is 5.32 Å². The standard InChI is InChI=1S/C16H12Cl2N2OS/c17-12-8-4-5-10(14(12)18)9-13-15(21)20-16(22-13)19-11-6-2-1-3-7-11/h1-8,13H,9H2,(H,19,20,21)/t13-/m0/s1. The van der Waals surface area contributed by atoms with E-state index in [1.165, 1.54) is 11.8 Å². The van der Waals surface area contributed by atoms with Crippen LogP contribution in [0.15, 0.2) is 53.5 Å². The Balaban J connectivity index is 1.75. The Labute approximate surface area is 142 Å². The Hall–Kier alpha value is -1.49. The number of carbonyl (C=O) groups is 1. The number of nitrogens with one attached hydrogen (secondary N) is 1. The van der Waals surface area contributed by atoms with Crippen molar-refractivity contribution in [2.45, 2.75) is 11.7 Å². The third-order valence-corrected chi connectivity index (χ3v) is 5.14. The lowest BCUT2D eigenvalue weighted by Gasteiger charge is -2.08. The number of amides is 1. The topological polar surface area (TPSA) is 41.5 Å². The molecular formula is C16H12Cl2N2OS.